The summed E-state index contributed by atoms with van der Waals surface area (Å²) in [7, 11) is 1.48. The third kappa shape index (κ3) is 3.06. The van der Waals surface area contributed by atoms with Crippen LogP contribution in [0.3, 0.4) is 0 Å². The number of hydrogen-bond donors (Lipinski definition) is 1. The fourth-order valence-corrected chi connectivity index (χ4v) is 2.57. The van der Waals surface area contributed by atoms with Gasteiger partial charge in [0.15, 0.2) is 0 Å². The Balaban J connectivity index is 2.36. The van der Waals surface area contributed by atoms with E-state index in [-0.39, 0.29) is 17.0 Å². The summed E-state index contributed by atoms with van der Waals surface area (Å²) >= 11 is 12.0. The minimum absolute atomic E-state index is 0.0194. The van der Waals surface area contributed by atoms with Crippen LogP contribution in [-0.4, -0.2) is 12.2 Å². The molecule has 0 saturated carbocycles. The molecule has 2 aromatic carbocycles. The molecule has 1 atom stereocenters. The Bertz CT molecular complexity index is 597. The molecule has 0 radical (unpaired) electrons. The van der Waals surface area contributed by atoms with Crippen LogP contribution in [0, 0.1) is 5.82 Å². The molecule has 0 bridgehead atoms. The van der Waals surface area contributed by atoms with E-state index in [1.165, 1.54) is 19.2 Å². The summed E-state index contributed by atoms with van der Waals surface area (Å²) in [4.78, 5) is 0. The summed E-state index contributed by atoms with van der Waals surface area (Å²) in [5, 5.41) is 11.0. The van der Waals surface area contributed by atoms with E-state index in [2.05, 4.69) is 0 Å². The van der Waals surface area contributed by atoms with E-state index < -0.39 is 11.9 Å². The molecule has 0 fully saturated rings. The van der Waals surface area contributed by atoms with Gasteiger partial charge in [-0.2, -0.15) is 0 Å². The van der Waals surface area contributed by atoms with Gasteiger partial charge in [-0.1, -0.05) is 35.3 Å². The lowest BCUT2D eigenvalue weighted by molar-refractivity contribution is 0.173. The average Bonchev–Trinajstić information content (AvgIpc) is 2.42. The first-order valence-electron chi connectivity index (χ1n) is 5.98. The Hall–Kier alpha value is -1.29. The monoisotopic (exact) mass is 314 g/mol. The normalized spacial score (nSPS) is 12.2. The number of aliphatic hydroxyl groups is 1. The average molecular weight is 315 g/mol. The lowest BCUT2D eigenvalue weighted by atomic mass is 10.00. The van der Waals surface area contributed by atoms with Crippen molar-refractivity contribution in [3.05, 3.63) is 63.4 Å². The highest BCUT2D eigenvalue weighted by Gasteiger charge is 2.20. The number of benzene rings is 2. The van der Waals surface area contributed by atoms with Gasteiger partial charge >= 0.3 is 0 Å². The lowest BCUT2D eigenvalue weighted by Crippen LogP contribution is -2.07. The van der Waals surface area contributed by atoms with Crippen LogP contribution >= 0.6 is 23.2 Å². The second-order valence-electron chi connectivity index (χ2n) is 4.28. The van der Waals surface area contributed by atoms with Crippen LogP contribution in [-0.2, 0) is 6.42 Å². The van der Waals surface area contributed by atoms with Crippen molar-refractivity contribution in [2.45, 2.75) is 12.5 Å². The first-order valence-corrected chi connectivity index (χ1v) is 6.73. The molecule has 2 aromatic rings. The standard InChI is InChI=1S/C15H13Cl2FO2/c1-20-14-7-3-5-11(17)15(14)13(19)8-9-10(16)4-2-6-12(9)18/h2-7,13,19H,8H2,1H3. The summed E-state index contributed by atoms with van der Waals surface area (Å²) in [6.07, 6.45) is -0.987. The summed E-state index contributed by atoms with van der Waals surface area (Å²) < 4.78 is 18.9. The second kappa shape index (κ2) is 6.44. The third-order valence-corrected chi connectivity index (χ3v) is 3.71. The summed E-state index contributed by atoms with van der Waals surface area (Å²) in [5.41, 5.74) is 0.680. The van der Waals surface area contributed by atoms with Crippen LogP contribution in [0.5, 0.6) is 5.75 Å². The van der Waals surface area contributed by atoms with Crippen molar-refractivity contribution in [2.24, 2.45) is 0 Å². The molecule has 2 rings (SSSR count). The molecule has 0 aliphatic heterocycles. The van der Waals surface area contributed by atoms with E-state index in [0.717, 1.165) is 0 Å². The van der Waals surface area contributed by atoms with Crippen LogP contribution in [0.1, 0.15) is 17.2 Å². The molecule has 0 amide bonds. The fourth-order valence-electron chi connectivity index (χ4n) is 2.04. The Kier molecular flexibility index (Phi) is 4.86. The number of halogens is 3. The van der Waals surface area contributed by atoms with Crippen LogP contribution in [0.25, 0.3) is 0 Å². The van der Waals surface area contributed by atoms with Gasteiger partial charge in [0.25, 0.3) is 0 Å². The molecule has 0 aromatic heterocycles. The maximum absolute atomic E-state index is 13.7. The van der Waals surface area contributed by atoms with Gasteiger partial charge in [0.2, 0.25) is 0 Å². The number of methoxy groups -OCH3 is 1. The maximum Gasteiger partial charge on any atom is 0.127 e. The number of aliphatic hydroxyl groups excluding tert-OH is 1. The van der Waals surface area contributed by atoms with Gasteiger partial charge in [-0.15, -0.1) is 0 Å². The summed E-state index contributed by atoms with van der Waals surface area (Å²) in [6, 6.07) is 9.45. The zero-order valence-corrected chi connectivity index (χ0v) is 12.2. The van der Waals surface area contributed by atoms with Crippen LogP contribution in [0.4, 0.5) is 4.39 Å². The van der Waals surface area contributed by atoms with Gasteiger partial charge in [-0.05, 0) is 24.3 Å². The first kappa shape index (κ1) is 15.1. The predicted octanol–water partition coefficient (Wildman–Crippen LogP) is 4.42. The molecular weight excluding hydrogens is 302 g/mol. The summed E-state index contributed by atoms with van der Waals surface area (Å²) in [5.74, 6) is 0.0000298. The predicted molar refractivity (Wildman–Crippen MR) is 78.1 cm³/mol. The molecular formula is C15H13Cl2FO2. The van der Waals surface area contributed by atoms with Crippen molar-refractivity contribution in [2.75, 3.05) is 7.11 Å². The lowest BCUT2D eigenvalue weighted by Gasteiger charge is -2.17. The number of hydrogen-bond acceptors (Lipinski definition) is 2. The van der Waals surface area contributed by atoms with E-state index >= 15 is 0 Å². The highest BCUT2D eigenvalue weighted by molar-refractivity contribution is 6.32. The summed E-state index contributed by atoms with van der Waals surface area (Å²) in [6.45, 7) is 0. The third-order valence-electron chi connectivity index (χ3n) is 3.03. The van der Waals surface area contributed by atoms with Gasteiger partial charge in [-0.25, -0.2) is 4.39 Å². The minimum Gasteiger partial charge on any atom is -0.496 e. The number of ether oxygens (including phenoxy) is 1. The van der Waals surface area contributed by atoms with Crippen molar-refractivity contribution in [1.82, 2.24) is 0 Å². The molecule has 1 N–H and O–H groups in total. The highest BCUT2D eigenvalue weighted by Crippen LogP contribution is 2.35. The zero-order chi connectivity index (χ0) is 14.7. The topological polar surface area (TPSA) is 29.5 Å². The smallest absolute Gasteiger partial charge is 0.127 e. The van der Waals surface area contributed by atoms with Crippen LogP contribution in [0.2, 0.25) is 10.0 Å². The van der Waals surface area contributed by atoms with Crippen molar-refractivity contribution >= 4 is 23.2 Å². The largest absolute Gasteiger partial charge is 0.496 e. The van der Waals surface area contributed by atoms with E-state index in [4.69, 9.17) is 27.9 Å². The van der Waals surface area contributed by atoms with Crippen molar-refractivity contribution in [3.8, 4) is 5.75 Å². The van der Waals surface area contributed by atoms with E-state index in [1.807, 2.05) is 0 Å². The van der Waals surface area contributed by atoms with E-state index in [9.17, 15) is 9.50 Å². The molecule has 0 aliphatic carbocycles. The number of rotatable bonds is 4. The Morgan fingerprint density at radius 2 is 1.80 bits per heavy atom. The minimum atomic E-state index is -1.01. The molecule has 20 heavy (non-hydrogen) atoms. The second-order valence-corrected chi connectivity index (χ2v) is 5.09. The Labute approximate surface area is 126 Å². The van der Waals surface area contributed by atoms with Gasteiger partial charge < -0.3 is 9.84 Å². The maximum atomic E-state index is 13.7. The molecule has 5 heteroatoms. The molecule has 0 aliphatic rings. The van der Waals surface area contributed by atoms with Gasteiger partial charge in [-0.3, -0.25) is 0 Å². The van der Waals surface area contributed by atoms with Crippen LogP contribution in [0.15, 0.2) is 36.4 Å². The first-order chi connectivity index (χ1) is 9.54. The quantitative estimate of drug-likeness (QED) is 0.905. The molecule has 106 valence electrons. The zero-order valence-electron chi connectivity index (χ0n) is 10.7. The van der Waals surface area contributed by atoms with E-state index in [1.54, 1.807) is 24.3 Å². The Morgan fingerprint density at radius 3 is 2.45 bits per heavy atom. The molecule has 0 heterocycles. The molecule has 2 nitrogen and oxygen atoms in total. The fraction of sp³-hybridized carbons (Fsp3) is 0.200. The van der Waals surface area contributed by atoms with Gasteiger partial charge in [0.1, 0.15) is 11.6 Å². The van der Waals surface area contributed by atoms with Crippen molar-refractivity contribution in [3.63, 3.8) is 0 Å². The SMILES string of the molecule is COc1cccc(Cl)c1C(O)Cc1c(F)cccc1Cl. The molecule has 0 saturated heterocycles. The van der Waals surface area contributed by atoms with Crippen molar-refractivity contribution in [1.29, 1.82) is 0 Å². The van der Waals surface area contributed by atoms with Crippen LogP contribution < -0.4 is 4.74 Å². The van der Waals surface area contributed by atoms with Crippen molar-refractivity contribution < 1.29 is 14.2 Å². The van der Waals surface area contributed by atoms with E-state index in [0.29, 0.717) is 16.3 Å². The van der Waals surface area contributed by atoms with Gasteiger partial charge in [0.05, 0.1) is 18.2 Å². The molecule has 0 spiro atoms. The Morgan fingerprint density at radius 1 is 1.15 bits per heavy atom. The molecule has 1 unspecified atom stereocenters. The highest BCUT2D eigenvalue weighted by atomic mass is 35.5. The van der Waals surface area contributed by atoms with Gasteiger partial charge in [0, 0.05) is 22.6 Å².